The van der Waals surface area contributed by atoms with Crippen LogP contribution in [0.1, 0.15) is 25.8 Å². The molecule has 1 heterocycles. The summed E-state index contributed by atoms with van der Waals surface area (Å²) in [5.41, 5.74) is 2.18. The second-order valence-corrected chi connectivity index (χ2v) is 8.84. The minimum atomic E-state index is -0.484. The fourth-order valence-electron chi connectivity index (χ4n) is 4.27. The highest BCUT2D eigenvalue weighted by atomic mass is 16.5. The normalized spacial score (nSPS) is 14.8. The molecule has 1 atom stereocenters. The number of methoxy groups -OCH3 is 2. The number of nitrogens with one attached hydrogen (secondary N) is 2. The van der Waals surface area contributed by atoms with E-state index in [-0.39, 0.29) is 36.6 Å². The lowest BCUT2D eigenvalue weighted by Crippen LogP contribution is -2.42. The molecule has 1 saturated heterocycles. The first-order valence-electron chi connectivity index (χ1n) is 12.2. The average molecular weight is 511 g/mol. The summed E-state index contributed by atoms with van der Waals surface area (Å²) in [6.45, 7) is 4.27. The number of benzene rings is 2. The van der Waals surface area contributed by atoms with Gasteiger partial charge in [-0.1, -0.05) is 6.07 Å². The zero-order valence-corrected chi connectivity index (χ0v) is 21.7. The molecule has 4 amide bonds. The largest absolute Gasteiger partial charge is 0.493 e. The van der Waals surface area contributed by atoms with Crippen LogP contribution in [0.25, 0.3) is 0 Å². The molecule has 0 saturated carbocycles. The summed E-state index contributed by atoms with van der Waals surface area (Å²) in [7, 11) is 3.15. The van der Waals surface area contributed by atoms with Gasteiger partial charge in [-0.25, -0.2) is 0 Å². The van der Waals surface area contributed by atoms with E-state index < -0.39 is 5.92 Å². The first-order chi connectivity index (χ1) is 17.7. The molecule has 3 rings (SSSR count). The molecule has 2 N–H and O–H groups in total. The second kappa shape index (κ2) is 12.8. The predicted molar refractivity (Wildman–Crippen MR) is 140 cm³/mol. The molecule has 10 heteroatoms. The van der Waals surface area contributed by atoms with Gasteiger partial charge in [0.1, 0.15) is 0 Å². The summed E-state index contributed by atoms with van der Waals surface area (Å²) in [6, 6.07) is 12.3. The van der Waals surface area contributed by atoms with Crippen molar-refractivity contribution < 1.29 is 28.7 Å². The van der Waals surface area contributed by atoms with Gasteiger partial charge in [0.05, 0.1) is 26.7 Å². The van der Waals surface area contributed by atoms with Gasteiger partial charge in [0.25, 0.3) is 0 Å². The van der Waals surface area contributed by atoms with Gasteiger partial charge in [-0.15, -0.1) is 0 Å². The molecule has 2 aromatic rings. The van der Waals surface area contributed by atoms with E-state index in [1.54, 1.807) is 50.3 Å². The number of carbonyl (C=O) groups is 4. The molecule has 0 aliphatic carbocycles. The van der Waals surface area contributed by atoms with Crippen LogP contribution in [0.4, 0.5) is 11.4 Å². The Morgan fingerprint density at radius 3 is 2.24 bits per heavy atom. The molecular formula is C27H34N4O6. The van der Waals surface area contributed by atoms with Gasteiger partial charge in [-0.3, -0.25) is 19.2 Å². The molecule has 1 fully saturated rings. The fraction of sp³-hybridized carbons (Fsp3) is 0.407. The number of carbonyl (C=O) groups excluding carboxylic acids is 4. The van der Waals surface area contributed by atoms with Crippen molar-refractivity contribution in [2.75, 3.05) is 51.0 Å². The van der Waals surface area contributed by atoms with Gasteiger partial charge >= 0.3 is 0 Å². The molecule has 1 aliphatic rings. The van der Waals surface area contributed by atoms with E-state index in [1.165, 1.54) is 11.8 Å². The van der Waals surface area contributed by atoms with Crippen molar-refractivity contribution in [3.05, 3.63) is 48.0 Å². The third kappa shape index (κ3) is 7.45. The number of nitrogens with zero attached hydrogens (tertiary/aromatic N) is 2. The van der Waals surface area contributed by atoms with Crippen molar-refractivity contribution in [3.63, 3.8) is 0 Å². The van der Waals surface area contributed by atoms with Gasteiger partial charge in [-0.05, 0) is 55.3 Å². The molecule has 0 unspecified atom stereocenters. The van der Waals surface area contributed by atoms with Gasteiger partial charge in [-0.2, -0.15) is 0 Å². The zero-order valence-electron chi connectivity index (χ0n) is 21.7. The Labute approximate surface area is 216 Å². The quantitative estimate of drug-likeness (QED) is 0.480. The van der Waals surface area contributed by atoms with Crippen LogP contribution in [-0.2, 0) is 25.6 Å². The van der Waals surface area contributed by atoms with Crippen LogP contribution in [0.3, 0.4) is 0 Å². The molecule has 0 aromatic heterocycles. The van der Waals surface area contributed by atoms with Crippen LogP contribution in [0.5, 0.6) is 11.5 Å². The van der Waals surface area contributed by atoms with E-state index in [0.29, 0.717) is 48.9 Å². The first kappa shape index (κ1) is 27.5. The lowest BCUT2D eigenvalue weighted by molar-refractivity contribution is -0.138. The Morgan fingerprint density at radius 2 is 1.65 bits per heavy atom. The van der Waals surface area contributed by atoms with E-state index >= 15 is 0 Å². The van der Waals surface area contributed by atoms with Crippen LogP contribution >= 0.6 is 0 Å². The Morgan fingerprint density at radius 1 is 1.00 bits per heavy atom. The molecule has 0 radical (unpaired) electrons. The molecule has 2 aromatic carbocycles. The second-order valence-electron chi connectivity index (χ2n) is 8.84. The lowest BCUT2D eigenvalue weighted by atomic mass is 10.1. The average Bonchev–Trinajstić information content (AvgIpc) is 3.26. The summed E-state index contributed by atoms with van der Waals surface area (Å²) >= 11 is 0. The maximum absolute atomic E-state index is 13.1. The van der Waals surface area contributed by atoms with Crippen LogP contribution in [-0.4, -0.2) is 73.8 Å². The van der Waals surface area contributed by atoms with Crippen molar-refractivity contribution in [1.82, 2.24) is 9.80 Å². The number of amides is 4. The Balaban J connectivity index is 1.52. The van der Waals surface area contributed by atoms with Crippen molar-refractivity contribution in [2.24, 2.45) is 5.92 Å². The standard InChI is InChI=1S/C27H34N4O6/c1-5-30(17-25(33)29-22-9-7-21(8-10-22)28-18(2)32)27(35)20-15-26(34)31(16-20)13-12-19-6-11-23(36-3)24(14-19)37-4/h6-11,14,20H,5,12-13,15-17H2,1-4H3,(H,28,32)(H,29,33)/t20-/m0/s1. The Kier molecular flexibility index (Phi) is 9.48. The fourth-order valence-corrected chi connectivity index (χ4v) is 4.27. The summed E-state index contributed by atoms with van der Waals surface area (Å²) in [5.74, 6) is -0.0149. The lowest BCUT2D eigenvalue weighted by Gasteiger charge is -2.24. The van der Waals surface area contributed by atoms with E-state index in [0.717, 1.165) is 5.56 Å². The van der Waals surface area contributed by atoms with Gasteiger partial charge in [0.2, 0.25) is 23.6 Å². The number of ether oxygens (including phenoxy) is 2. The molecule has 0 bridgehead atoms. The van der Waals surface area contributed by atoms with Crippen LogP contribution < -0.4 is 20.1 Å². The smallest absolute Gasteiger partial charge is 0.243 e. The third-order valence-electron chi connectivity index (χ3n) is 6.20. The molecule has 10 nitrogen and oxygen atoms in total. The number of likely N-dealkylation sites (tertiary alicyclic amines) is 1. The molecule has 1 aliphatic heterocycles. The van der Waals surface area contributed by atoms with Crippen molar-refractivity contribution >= 4 is 35.0 Å². The highest BCUT2D eigenvalue weighted by Crippen LogP contribution is 2.28. The molecule has 198 valence electrons. The van der Waals surface area contributed by atoms with Gasteiger partial charge < -0.3 is 29.9 Å². The topological polar surface area (TPSA) is 117 Å². The maximum atomic E-state index is 13.1. The summed E-state index contributed by atoms with van der Waals surface area (Å²) in [4.78, 5) is 52.6. The summed E-state index contributed by atoms with van der Waals surface area (Å²) < 4.78 is 10.6. The zero-order chi connectivity index (χ0) is 26.9. The molecule has 37 heavy (non-hydrogen) atoms. The van der Waals surface area contributed by atoms with Crippen LogP contribution in [0.15, 0.2) is 42.5 Å². The van der Waals surface area contributed by atoms with Gasteiger partial charge in [0.15, 0.2) is 11.5 Å². The van der Waals surface area contributed by atoms with Crippen molar-refractivity contribution in [3.8, 4) is 11.5 Å². The van der Waals surface area contributed by atoms with Crippen molar-refractivity contribution in [1.29, 1.82) is 0 Å². The predicted octanol–water partition coefficient (Wildman–Crippen LogP) is 2.54. The van der Waals surface area contributed by atoms with E-state index in [4.69, 9.17) is 9.47 Å². The van der Waals surface area contributed by atoms with E-state index in [9.17, 15) is 19.2 Å². The Bertz CT molecular complexity index is 1130. The number of likely N-dealkylation sites (N-methyl/N-ethyl adjacent to an activating group) is 1. The van der Waals surface area contributed by atoms with Gasteiger partial charge in [0, 0.05) is 44.4 Å². The monoisotopic (exact) mass is 510 g/mol. The minimum absolute atomic E-state index is 0.0707. The van der Waals surface area contributed by atoms with Crippen molar-refractivity contribution in [2.45, 2.75) is 26.7 Å². The summed E-state index contributed by atoms with van der Waals surface area (Å²) in [6.07, 6.45) is 0.751. The third-order valence-corrected chi connectivity index (χ3v) is 6.20. The Hall–Kier alpha value is -4.08. The van der Waals surface area contributed by atoms with E-state index in [1.807, 2.05) is 18.2 Å². The highest BCUT2D eigenvalue weighted by molar-refractivity contribution is 5.96. The number of hydrogen-bond acceptors (Lipinski definition) is 6. The first-order valence-corrected chi connectivity index (χ1v) is 12.2. The maximum Gasteiger partial charge on any atom is 0.243 e. The SMILES string of the molecule is CCN(CC(=O)Nc1ccc(NC(C)=O)cc1)C(=O)[C@H]1CC(=O)N(CCc2ccc(OC)c(OC)c2)C1. The highest BCUT2D eigenvalue weighted by Gasteiger charge is 2.36. The molecular weight excluding hydrogens is 476 g/mol. The number of anilines is 2. The summed E-state index contributed by atoms with van der Waals surface area (Å²) in [5, 5.41) is 5.43. The van der Waals surface area contributed by atoms with Crippen LogP contribution in [0, 0.1) is 5.92 Å². The number of hydrogen-bond donors (Lipinski definition) is 2. The van der Waals surface area contributed by atoms with E-state index in [2.05, 4.69) is 10.6 Å². The number of rotatable bonds is 11. The minimum Gasteiger partial charge on any atom is -0.493 e. The molecule has 0 spiro atoms. The van der Waals surface area contributed by atoms with Crippen LogP contribution in [0.2, 0.25) is 0 Å².